The summed E-state index contributed by atoms with van der Waals surface area (Å²) in [5, 5.41) is 6.61. The number of aromatic nitrogens is 4. The molecule has 0 radical (unpaired) electrons. The normalized spacial score (nSPS) is 11.1. The largest absolute Gasteiger partial charge is 0.433 e. The first kappa shape index (κ1) is 9.08. The molecule has 0 unspecified atom stereocenters. The van der Waals surface area contributed by atoms with Crippen molar-refractivity contribution in [3.63, 3.8) is 0 Å². The van der Waals surface area contributed by atoms with E-state index < -0.39 is 0 Å². The van der Waals surface area contributed by atoms with Gasteiger partial charge in [0.1, 0.15) is 6.54 Å². The number of rotatable bonds is 2. The zero-order chi connectivity index (χ0) is 11.0. The fourth-order valence-corrected chi connectivity index (χ4v) is 1.59. The van der Waals surface area contributed by atoms with Crippen molar-refractivity contribution in [3.05, 3.63) is 30.7 Å². The Kier molecular flexibility index (Phi) is 1.96. The Hall–Kier alpha value is -2.17. The van der Waals surface area contributed by atoms with Gasteiger partial charge in [-0.05, 0) is 6.92 Å². The van der Waals surface area contributed by atoms with Crippen molar-refractivity contribution >= 4 is 11.2 Å². The summed E-state index contributed by atoms with van der Waals surface area (Å²) in [5.74, 6) is 0.618. The average Bonchev–Trinajstić information content (AvgIpc) is 2.89. The lowest BCUT2D eigenvalue weighted by Gasteiger charge is -1.93. The van der Waals surface area contributed by atoms with Gasteiger partial charge in [-0.2, -0.15) is 10.1 Å². The van der Waals surface area contributed by atoms with E-state index in [9.17, 15) is 0 Å². The molecule has 0 spiro atoms. The Morgan fingerprint density at radius 2 is 2.19 bits per heavy atom. The van der Waals surface area contributed by atoms with E-state index in [2.05, 4.69) is 26.7 Å². The SMILES string of the molecule is CC[n+]1ccc(-c2nc3[nH]ncc3o2)cc1. The highest BCUT2D eigenvalue weighted by Crippen LogP contribution is 2.21. The van der Waals surface area contributed by atoms with Gasteiger partial charge in [0, 0.05) is 17.7 Å². The molecule has 1 N–H and O–H groups in total. The van der Waals surface area contributed by atoms with Crippen LogP contribution in [0.1, 0.15) is 6.92 Å². The van der Waals surface area contributed by atoms with Crippen molar-refractivity contribution in [2.75, 3.05) is 0 Å². The highest BCUT2D eigenvalue weighted by atomic mass is 16.3. The summed E-state index contributed by atoms with van der Waals surface area (Å²) < 4.78 is 7.64. The van der Waals surface area contributed by atoms with E-state index in [1.807, 2.05) is 24.5 Å². The molecule has 5 nitrogen and oxygen atoms in total. The Balaban J connectivity index is 2.05. The second-order valence-electron chi connectivity index (χ2n) is 3.52. The maximum atomic E-state index is 5.55. The molecular formula is C11H11N4O+. The predicted octanol–water partition coefficient (Wildman–Crippen LogP) is 1.53. The molecule has 5 heteroatoms. The van der Waals surface area contributed by atoms with Crippen molar-refractivity contribution in [2.45, 2.75) is 13.5 Å². The summed E-state index contributed by atoms with van der Waals surface area (Å²) >= 11 is 0. The second-order valence-corrected chi connectivity index (χ2v) is 3.52. The van der Waals surface area contributed by atoms with Crippen LogP contribution in [0, 0.1) is 0 Å². The number of H-pyrrole nitrogens is 1. The maximum absolute atomic E-state index is 5.55. The number of nitrogens with zero attached hydrogens (tertiary/aromatic N) is 3. The van der Waals surface area contributed by atoms with Crippen molar-refractivity contribution in [1.29, 1.82) is 0 Å². The molecule has 0 saturated carbocycles. The number of aryl methyl sites for hydroxylation is 1. The summed E-state index contributed by atoms with van der Waals surface area (Å²) in [6, 6.07) is 3.98. The van der Waals surface area contributed by atoms with E-state index in [1.165, 1.54) is 0 Å². The number of pyridine rings is 1. The van der Waals surface area contributed by atoms with Crippen molar-refractivity contribution < 1.29 is 8.98 Å². The summed E-state index contributed by atoms with van der Waals surface area (Å²) in [6.07, 6.45) is 5.64. The van der Waals surface area contributed by atoms with Gasteiger partial charge in [0.15, 0.2) is 23.6 Å². The van der Waals surface area contributed by atoms with Crippen LogP contribution in [0.3, 0.4) is 0 Å². The molecule has 0 amide bonds. The summed E-state index contributed by atoms with van der Waals surface area (Å²) in [5.41, 5.74) is 2.33. The number of hydrogen-bond donors (Lipinski definition) is 1. The van der Waals surface area contributed by atoms with Gasteiger partial charge in [-0.15, -0.1) is 0 Å². The molecule has 0 aliphatic rings. The number of fused-ring (bicyclic) bond motifs is 1. The molecule has 0 atom stereocenters. The van der Waals surface area contributed by atoms with E-state index in [-0.39, 0.29) is 0 Å². The fraction of sp³-hybridized carbons (Fsp3) is 0.182. The van der Waals surface area contributed by atoms with Crippen molar-refractivity contribution in [3.8, 4) is 11.5 Å². The fourth-order valence-electron chi connectivity index (χ4n) is 1.59. The zero-order valence-corrected chi connectivity index (χ0v) is 8.84. The number of aromatic amines is 1. The first-order valence-electron chi connectivity index (χ1n) is 5.16. The van der Waals surface area contributed by atoms with Crippen LogP contribution in [0.4, 0.5) is 0 Å². The standard InChI is InChI=1S/C11H10N4O/c1-2-15-5-3-8(4-6-15)11-13-10-9(16-11)7-12-14-10/h3-7H,2H2,1H3/p+1. The molecule has 0 fully saturated rings. The minimum Gasteiger partial charge on any atom is -0.433 e. The van der Waals surface area contributed by atoms with Crippen LogP contribution < -0.4 is 4.57 Å². The van der Waals surface area contributed by atoms with Crippen LogP contribution in [0.2, 0.25) is 0 Å². The summed E-state index contributed by atoms with van der Waals surface area (Å²) in [4.78, 5) is 4.30. The van der Waals surface area contributed by atoms with Gasteiger partial charge in [0.2, 0.25) is 5.89 Å². The summed E-state index contributed by atoms with van der Waals surface area (Å²) in [7, 11) is 0. The molecule has 0 aliphatic carbocycles. The van der Waals surface area contributed by atoms with Crippen LogP contribution >= 0.6 is 0 Å². The van der Waals surface area contributed by atoms with E-state index in [0.29, 0.717) is 17.1 Å². The Labute approximate surface area is 91.7 Å². The van der Waals surface area contributed by atoms with E-state index in [0.717, 1.165) is 12.1 Å². The minimum atomic E-state index is 0.618. The Morgan fingerprint density at radius 1 is 1.38 bits per heavy atom. The second kappa shape index (κ2) is 3.44. The van der Waals surface area contributed by atoms with Gasteiger partial charge >= 0.3 is 0 Å². The number of nitrogens with one attached hydrogen (secondary N) is 1. The van der Waals surface area contributed by atoms with Gasteiger partial charge in [0.05, 0.1) is 6.20 Å². The first-order chi connectivity index (χ1) is 7.86. The topological polar surface area (TPSA) is 58.6 Å². The molecule has 0 aliphatic heterocycles. The lowest BCUT2D eigenvalue weighted by molar-refractivity contribution is -0.693. The molecule has 0 bridgehead atoms. The van der Waals surface area contributed by atoms with Gasteiger partial charge in [-0.1, -0.05) is 0 Å². The summed E-state index contributed by atoms with van der Waals surface area (Å²) in [6.45, 7) is 3.05. The molecule has 0 saturated heterocycles. The Morgan fingerprint density at radius 3 is 2.88 bits per heavy atom. The molecular weight excluding hydrogens is 204 g/mol. The van der Waals surface area contributed by atoms with E-state index in [4.69, 9.17) is 4.42 Å². The lowest BCUT2D eigenvalue weighted by Crippen LogP contribution is -2.30. The third-order valence-electron chi connectivity index (χ3n) is 2.51. The van der Waals surface area contributed by atoms with Crippen molar-refractivity contribution in [1.82, 2.24) is 15.2 Å². The number of oxazole rings is 1. The molecule has 3 heterocycles. The third-order valence-corrected chi connectivity index (χ3v) is 2.51. The van der Waals surface area contributed by atoms with Crippen LogP contribution in [0.25, 0.3) is 22.7 Å². The lowest BCUT2D eigenvalue weighted by atomic mass is 10.3. The van der Waals surface area contributed by atoms with E-state index in [1.54, 1.807) is 6.20 Å². The highest BCUT2D eigenvalue weighted by Gasteiger charge is 2.10. The van der Waals surface area contributed by atoms with Crippen LogP contribution in [-0.4, -0.2) is 15.2 Å². The Bertz CT molecular complexity index is 580. The smallest absolute Gasteiger partial charge is 0.229 e. The third kappa shape index (κ3) is 1.37. The quantitative estimate of drug-likeness (QED) is 0.659. The van der Waals surface area contributed by atoms with Crippen LogP contribution in [0.15, 0.2) is 35.1 Å². The molecule has 3 rings (SSSR count). The van der Waals surface area contributed by atoms with Gasteiger partial charge in [-0.25, -0.2) is 4.57 Å². The molecule has 0 aromatic carbocycles. The van der Waals surface area contributed by atoms with Crippen molar-refractivity contribution in [2.24, 2.45) is 0 Å². The minimum absolute atomic E-state index is 0.618. The molecule has 16 heavy (non-hydrogen) atoms. The zero-order valence-electron chi connectivity index (χ0n) is 8.84. The van der Waals surface area contributed by atoms with Crippen LogP contribution in [-0.2, 0) is 6.54 Å². The monoisotopic (exact) mass is 215 g/mol. The molecule has 3 aromatic rings. The van der Waals surface area contributed by atoms with Gasteiger partial charge in [-0.3, -0.25) is 5.10 Å². The van der Waals surface area contributed by atoms with Gasteiger partial charge in [0.25, 0.3) is 0 Å². The average molecular weight is 215 g/mol. The number of hydrogen-bond acceptors (Lipinski definition) is 3. The first-order valence-corrected chi connectivity index (χ1v) is 5.16. The van der Waals surface area contributed by atoms with Crippen LogP contribution in [0.5, 0.6) is 0 Å². The predicted molar refractivity (Wildman–Crippen MR) is 57.5 cm³/mol. The molecule has 3 aromatic heterocycles. The maximum Gasteiger partial charge on any atom is 0.229 e. The highest BCUT2D eigenvalue weighted by molar-refractivity contribution is 5.71. The molecule has 80 valence electrons. The van der Waals surface area contributed by atoms with E-state index >= 15 is 0 Å². The van der Waals surface area contributed by atoms with Gasteiger partial charge < -0.3 is 4.42 Å².